The number of carbonyl (C=O) groups excluding carboxylic acids is 2. The summed E-state index contributed by atoms with van der Waals surface area (Å²) >= 11 is 0. The van der Waals surface area contributed by atoms with E-state index in [4.69, 9.17) is 4.74 Å². The lowest BCUT2D eigenvalue weighted by molar-refractivity contribution is -0.124. The zero-order chi connectivity index (χ0) is 13.0. The number of benzene rings is 1. The maximum Gasteiger partial charge on any atom is 0.339 e. The molecular weight excluding hydrogens is 234 g/mol. The van der Waals surface area contributed by atoms with Crippen LogP contribution in [0.15, 0.2) is 24.3 Å². The van der Waals surface area contributed by atoms with Gasteiger partial charge >= 0.3 is 5.97 Å². The van der Waals surface area contributed by atoms with Crippen LogP contribution in [-0.2, 0) is 14.3 Å². The first kappa shape index (κ1) is 12.6. The molecule has 0 saturated carbocycles. The molecule has 0 aromatic heterocycles. The fourth-order valence-electron chi connectivity index (χ4n) is 1.88. The number of carbonyl (C=O) groups is 2. The van der Waals surface area contributed by atoms with Crippen molar-refractivity contribution in [2.75, 3.05) is 19.0 Å². The van der Waals surface area contributed by atoms with Crippen LogP contribution in [0, 0.1) is 0 Å². The summed E-state index contributed by atoms with van der Waals surface area (Å²) in [5, 5.41) is 2.70. The van der Waals surface area contributed by atoms with Crippen LogP contribution in [0.5, 0.6) is 0 Å². The molecule has 1 heterocycles. The smallest absolute Gasteiger partial charge is 0.339 e. The molecule has 1 saturated heterocycles. The molecule has 1 aliphatic heterocycles. The molecule has 2 rings (SSSR count). The maximum absolute atomic E-state index is 11.9. The Morgan fingerprint density at radius 3 is 2.83 bits per heavy atom. The summed E-state index contributed by atoms with van der Waals surface area (Å²) in [5.41, 5.74) is 0.788. The van der Waals surface area contributed by atoms with Crippen molar-refractivity contribution in [2.24, 2.45) is 0 Å². The molecule has 1 N–H and O–H groups in total. The van der Waals surface area contributed by atoms with Crippen molar-refractivity contribution >= 4 is 17.6 Å². The van der Waals surface area contributed by atoms with Crippen LogP contribution >= 0.6 is 0 Å². The van der Waals surface area contributed by atoms with Crippen molar-refractivity contribution in [1.29, 1.82) is 0 Å². The largest absolute Gasteiger partial charge is 0.465 e. The molecule has 18 heavy (non-hydrogen) atoms. The quantitative estimate of drug-likeness (QED) is 0.826. The number of methoxy groups -OCH3 is 1. The molecule has 0 radical (unpaired) electrons. The second kappa shape index (κ2) is 5.64. The van der Waals surface area contributed by atoms with Gasteiger partial charge < -0.3 is 14.8 Å². The average Bonchev–Trinajstić information content (AvgIpc) is 2.92. The molecule has 96 valence electrons. The highest BCUT2D eigenvalue weighted by atomic mass is 16.5. The van der Waals surface area contributed by atoms with Gasteiger partial charge in [-0.25, -0.2) is 4.79 Å². The lowest BCUT2D eigenvalue weighted by atomic mass is 10.1. The Morgan fingerprint density at radius 1 is 1.39 bits per heavy atom. The van der Waals surface area contributed by atoms with Crippen LogP contribution in [-0.4, -0.2) is 31.7 Å². The number of hydrogen-bond donors (Lipinski definition) is 1. The number of para-hydroxylation sites is 1. The number of rotatable bonds is 3. The van der Waals surface area contributed by atoms with Crippen molar-refractivity contribution in [1.82, 2.24) is 0 Å². The van der Waals surface area contributed by atoms with Crippen LogP contribution in [0.4, 0.5) is 5.69 Å². The average molecular weight is 249 g/mol. The second-order valence-electron chi connectivity index (χ2n) is 4.03. The van der Waals surface area contributed by atoms with Crippen LogP contribution in [0.2, 0.25) is 0 Å². The minimum Gasteiger partial charge on any atom is -0.465 e. The summed E-state index contributed by atoms with van der Waals surface area (Å²) in [7, 11) is 1.31. The van der Waals surface area contributed by atoms with Gasteiger partial charge in [0.1, 0.15) is 6.10 Å². The minimum atomic E-state index is -0.474. The van der Waals surface area contributed by atoms with Gasteiger partial charge in [0.2, 0.25) is 0 Å². The standard InChI is InChI=1S/C13H15NO4/c1-17-13(16)9-5-2-3-6-10(9)14-12(15)11-7-4-8-18-11/h2-3,5-6,11H,4,7-8H2,1H3,(H,14,15)/t11-/m0/s1. The van der Waals surface area contributed by atoms with Crippen LogP contribution in [0.3, 0.4) is 0 Å². The third-order valence-electron chi connectivity index (χ3n) is 2.81. The van der Waals surface area contributed by atoms with Gasteiger partial charge in [-0.05, 0) is 25.0 Å². The summed E-state index contributed by atoms with van der Waals surface area (Å²) in [6, 6.07) is 6.74. The molecule has 1 aromatic rings. The summed E-state index contributed by atoms with van der Waals surface area (Å²) in [4.78, 5) is 23.4. The fraction of sp³-hybridized carbons (Fsp3) is 0.385. The van der Waals surface area contributed by atoms with Crippen molar-refractivity contribution < 1.29 is 19.1 Å². The number of hydrogen-bond acceptors (Lipinski definition) is 4. The molecule has 5 nitrogen and oxygen atoms in total. The Hall–Kier alpha value is -1.88. The third-order valence-corrected chi connectivity index (χ3v) is 2.81. The highest BCUT2D eigenvalue weighted by molar-refractivity contribution is 6.02. The first-order valence-corrected chi connectivity index (χ1v) is 5.82. The molecular formula is C13H15NO4. The Balaban J connectivity index is 2.13. The molecule has 1 amide bonds. The second-order valence-corrected chi connectivity index (χ2v) is 4.03. The molecule has 1 aromatic carbocycles. The van der Waals surface area contributed by atoms with E-state index in [1.165, 1.54) is 7.11 Å². The molecule has 0 unspecified atom stereocenters. The van der Waals surface area contributed by atoms with Crippen molar-refractivity contribution in [3.05, 3.63) is 29.8 Å². The van der Waals surface area contributed by atoms with Gasteiger partial charge in [-0.3, -0.25) is 4.79 Å². The Morgan fingerprint density at radius 2 is 2.17 bits per heavy atom. The highest BCUT2D eigenvalue weighted by Gasteiger charge is 2.24. The Kier molecular flexibility index (Phi) is 3.94. The summed E-state index contributed by atoms with van der Waals surface area (Å²) < 4.78 is 9.95. The number of nitrogens with one attached hydrogen (secondary N) is 1. The van der Waals surface area contributed by atoms with E-state index >= 15 is 0 Å². The Labute approximate surface area is 105 Å². The van der Waals surface area contributed by atoms with Gasteiger partial charge in [-0.15, -0.1) is 0 Å². The lowest BCUT2D eigenvalue weighted by Crippen LogP contribution is -2.27. The maximum atomic E-state index is 11.9. The zero-order valence-corrected chi connectivity index (χ0v) is 10.1. The van der Waals surface area contributed by atoms with Crippen molar-refractivity contribution in [3.8, 4) is 0 Å². The first-order valence-electron chi connectivity index (χ1n) is 5.82. The summed E-state index contributed by atoms with van der Waals surface area (Å²) in [6.07, 6.45) is 1.18. The highest BCUT2D eigenvalue weighted by Crippen LogP contribution is 2.19. The van der Waals surface area contributed by atoms with E-state index < -0.39 is 12.1 Å². The molecule has 5 heteroatoms. The topological polar surface area (TPSA) is 64.6 Å². The van der Waals surface area contributed by atoms with Crippen LogP contribution in [0.25, 0.3) is 0 Å². The number of ether oxygens (including phenoxy) is 2. The molecule has 0 aliphatic carbocycles. The SMILES string of the molecule is COC(=O)c1ccccc1NC(=O)[C@@H]1CCCO1. The summed E-state index contributed by atoms with van der Waals surface area (Å²) in [6.45, 7) is 0.608. The van der Waals surface area contributed by atoms with Gasteiger partial charge in [0, 0.05) is 6.61 Å². The van der Waals surface area contributed by atoms with Gasteiger partial charge in [0.05, 0.1) is 18.4 Å². The molecule has 0 spiro atoms. The van der Waals surface area contributed by atoms with Gasteiger partial charge in [-0.2, -0.15) is 0 Å². The van der Waals surface area contributed by atoms with Gasteiger partial charge in [0.25, 0.3) is 5.91 Å². The summed E-state index contributed by atoms with van der Waals surface area (Å²) in [5.74, 6) is -0.693. The van der Waals surface area contributed by atoms with Crippen molar-refractivity contribution in [2.45, 2.75) is 18.9 Å². The minimum absolute atomic E-state index is 0.219. The molecule has 0 bridgehead atoms. The normalized spacial score (nSPS) is 18.4. The lowest BCUT2D eigenvalue weighted by Gasteiger charge is -2.12. The third kappa shape index (κ3) is 2.68. The van der Waals surface area contributed by atoms with E-state index in [1.54, 1.807) is 24.3 Å². The number of anilines is 1. The zero-order valence-electron chi connectivity index (χ0n) is 10.1. The van der Waals surface area contributed by atoms with E-state index in [2.05, 4.69) is 10.1 Å². The molecule has 1 aliphatic rings. The number of esters is 1. The Bertz CT molecular complexity index is 452. The van der Waals surface area contributed by atoms with Crippen LogP contribution < -0.4 is 5.32 Å². The predicted octanol–water partition coefficient (Wildman–Crippen LogP) is 1.59. The predicted molar refractivity (Wildman–Crippen MR) is 65.4 cm³/mol. The van der Waals surface area contributed by atoms with Crippen LogP contribution in [0.1, 0.15) is 23.2 Å². The van der Waals surface area contributed by atoms with E-state index in [-0.39, 0.29) is 5.91 Å². The van der Waals surface area contributed by atoms with E-state index in [9.17, 15) is 9.59 Å². The van der Waals surface area contributed by atoms with Gasteiger partial charge in [-0.1, -0.05) is 12.1 Å². The van der Waals surface area contributed by atoms with E-state index in [0.717, 1.165) is 6.42 Å². The first-order chi connectivity index (χ1) is 8.72. The molecule has 1 fully saturated rings. The molecule has 1 atom stereocenters. The number of amides is 1. The fourth-order valence-corrected chi connectivity index (χ4v) is 1.88. The van der Waals surface area contributed by atoms with Gasteiger partial charge in [0.15, 0.2) is 0 Å². The van der Waals surface area contributed by atoms with E-state index in [1.807, 2.05) is 0 Å². The van der Waals surface area contributed by atoms with E-state index in [0.29, 0.717) is 24.3 Å². The monoisotopic (exact) mass is 249 g/mol. The van der Waals surface area contributed by atoms with Crippen molar-refractivity contribution in [3.63, 3.8) is 0 Å².